The van der Waals surface area contributed by atoms with Crippen LogP contribution < -0.4 is 4.74 Å². The minimum atomic E-state index is 0.588. The first-order chi connectivity index (χ1) is 7.34. The van der Waals surface area contributed by atoms with Crippen molar-refractivity contribution < 1.29 is 4.74 Å². The molecule has 15 heavy (non-hydrogen) atoms. The van der Waals surface area contributed by atoms with Gasteiger partial charge in [-0.1, -0.05) is 46.3 Å². The lowest BCUT2D eigenvalue weighted by atomic mass is 10.2. The van der Waals surface area contributed by atoms with Gasteiger partial charge in [0.1, 0.15) is 12.4 Å². The first-order valence-electron chi connectivity index (χ1n) is 4.68. The van der Waals surface area contributed by atoms with Crippen molar-refractivity contribution in [2.75, 3.05) is 0 Å². The SMILES string of the molecule is Brc1c[c]cc(OCc2ccccc2)c1. The van der Waals surface area contributed by atoms with Gasteiger partial charge in [0.05, 0.1) is 0 Å². The van der Waals surface area contributed by atoms with E-state index in [1.807, 2.05) is 48.5 Å². The highest BCUT2D eigenvalue weighted by molar-refractivity contribution is 9.10. The molecule has 0 N–H and O–H groups in total. The Morgan fingerprint density at radius 1 is 1.13 bits per heavy atom. The molecule has 2 heteroatoms. The van der Waals surface area contributed by atoms with Crippen LogP contribution in [0, 0.1) is 6.07 Å². The minimum Gasteiger partial charge on any atom is -0.489 e. The Kier molecular flexibility index (Phi) is 3.41. The summed E-state index contributed by atoms with van der Waals surface area (Å²) in [5.41, 5.74) is 1.16. The summed E-state index contributed by atoms with van der Waals surface area (Å²) in [7, 11) is 0. The second-order valence-corrected chi connectivity index (χ2v) is 4.08. The first kappa shape index (κ1) is 10.2. The van der Waals surface area contributed by atoms with Crippen LogP contribution in [0.5, 0.6) is 5.75 Å². The molecular weight excluding hydrogens is 252 g/mol. The van der Waals surface area contributed by atoms with Crippen molar-refractivity contribution in [2.45, 2.75) is 6.61 Å². The van der Waals surface area contributed by atoms with E-state index >= 15 is 0 Å². The van der Waals surface area contributed by atoms with Crippen LogP contribution >= 0.6 is 15.9 Å². The van der Waals surface area contributed by atoms with Crippen LogP contribution in [-0.2, 0) is 6.61 Å². The van der Waals surface area contributed by atoms with Crippen molar-refractivity contribution in [3.05, 3.63) is 64.6 Å². The number of halogens is 1. The fraction of sp³-hybridized carbons (Fsp3) is 0.0769. The third-order valence-corrected chi connectivity index (χ3v) is 2.43. The zero-order valence-electron chi connectivity index (χ0n) is 8.11. The third kappa shape index (κ3) is 3.10. The summed E-state index contributed by atoms with van der Waals surface area (Å²) >= 11 is 3.38. The summed E-state index contributed by atoms with van der Waals surface area (Å²) in [4.78, 5) is 0. The molecule has 1 nitrogen and oxygen atoms in total. The molecule has 0 aliphatic carbocycles. The standard InChI is InChI=1S/C13H10BrO/c14-12-7-4-8-13(9-12)15-10-11-5-2-1-3-6-11/h1-3,5-9H,10H2. The van der Waals surface area contributed by atoms with Gasteiger partial charge in [-0.15, -0.1) is 0 Å². The van der Waals surface area contributed by atoms with E-state index in [2.05, 4.69) is 22.0 Å². The van der Waals surface area contributed by atoms with E-state index in [-0.39, 0.29) is 0 Å². The smallest absolute Gasteiger partial charge is 0.121 e. The highest BCUT2D eigenvalue weighted by Crippen LogP contribution is 2.18. The summed E-state index contributed by atoms with van der Waals surface area (Å²) in [6, 6.07) is 18.7. The van der Waals surface area contributed by atoms with Gasteiger partial charge in [-0.2, -0.15) is 0 Å². The quantitative estimate of drug-likeness (QED) is 0.816. The maximum Gasteiger partial charge on any atom is 0.121 e. The number of ether oxygens (including phenoxy) is 1. The van der Waals surface area contributed by atoms with E-state index in [0.717, 1.165) is 15.8 Å². The molecule has 0 saturated carbocycles. The first-order valence-corrected chi connectivity index (χ1v) is 5.47. The van der Waals surface area contributed by atoms with E-state index in [4.69, 9.17) is 4.74 Å². The Labute approximate surface area is 97.8 Å². The zero-order valence-corrected chi connectivity index (χ0v) is 9.70. The van der Waals surface area contributed by atoms with Gasteiger partial charge in [0.25, 0.3) is 0 Å². The fourth-order valence-corrected chi connectivity index (χ4v) is 1.60. The number of hydrogen-bond donors (Lipinski definition) is 0. The van der Waals surface area contributed by atoms with Crippen molar-refractivity contribution in [1.82, 2.24) is 0 Å². The normalized spacial score (nSPS) is 9.93. The maximum atomic E-state index is 5.61. The molecule has 0 heterocycles. The molecule has 2 aromatic carbocycles. The van der Waals surface area contributed by atoms with Crippen LogP contribution in [0.4, 0.5) is 0 Å². The van der Waals surface area contributed by atoms with E-state index < -0.39 is 0 Å². The molecule has 75 valence electrons. The van der Waals surface area contributed by atoms with Crippen molar-refractivity contribution in [1.29, 1.82) is 0 Å². The van der Waals surface area contributed by atoms with Gasteiger partial charge in [0.2, 0.25) is 0 Å². The van der Waals surface area contributed by atoms with Crippen molar-refractivity contribution in [3.63, 3.8) is 0 Å². The van der Waals surface area contributed by atoms with Crippen molar-refractivity contribution in [3.8, 4) is 5.75 Å². The van der Waals surface area contributed by atoms with Gasteiger partial charge in [-0.05, 0) is 29.8 Å². The maximum absolute atomic E-state index is 5.61. The number of benzene rings is 2. The topological polar surface area (TPSA) is 9.23 Å². The molecule has 0 aliphatic heterocycles. The van der Waals surface area contributed by atoms with Gasteiger partial charge in [0.15, 0.2) is 0 Å². The summed E-state index contributed by atoms with van der Waals surface area (Å²) in [6.07, 6.45) is 0. The average Bonchev–Trinajstić information content (AvgIpc) is 2.28. The summed E-state index contributed by atoms with van der Waals surface area (Å²) in [5.74, 6) is 0.827. The summed E-state index contributed by atoms with van der Waals surface area (Å²) < 4.78 is 6.59. The van der Waals surface area contributed by atoms with Crippen LogP contribution in [0.1, 0.15) is 5.56 Å². The van der Waals surface area contributed by atoms with Crippen molar-refractivity contribution >= 4 is 15.9 Å². The van der Waals surface area contributed by atoms with E-state index in [1.54, 1.807) is 0 Å². The molecule has 2 rings (SSSR count). The Morgan fingerprint density at radius 2 is 1.93 bits per heavy atom. The second kappa shape index (κ2) is 4.99. The molecular formula is C13H10BrO. The lowest BCUT2D eigenvalue weighted by Gasteiger charge is -2.05. The van der Waals surface area contributed by atoms with Gasteiger partial charge in [-0.3, -0.25) is 0 Å². The second-order valence-electron chi connectivity index (χ2n) is 3.16. The Morgan fingerprint density at radius 3 is 2.67 bits per heavy atom. The van der Waals surface area contributed by atoms with Gasteiger partial charge in [0, 0.05) is 4.47 Å². The molecule has 1 radical (unpaired) electrons. The van der Waals surface area contributed by atoms with Crippen LogP contribution in [0.3, 0.4) is 0 Å². The van der Waals surface area contributed by atoms with E-state index in [1.165, 1.54) is 0 Å². The zero-order chi connectivity index (χ0) is 10.5. The molecule has 0 amide bonds. The summed E-state index contributed by atoms with van der Waals surface area (Å²) in [5, 5.41) is 0. The average molecular weight is 262 g/mol. The van der Waals surface area contributed by atoms with Crippen molar-refractivity contribution in [2.24, 2.45) is 0 Å². The Balaban J connectivity index is 1.99. The molecule has 2 aromatic rings. The Hall–Kier alpha value is -1.28. The molecule has 0 spiro atoms. The van der Waals surface area contributed by atoms with E-state index in [0.29, 0.717) is 6.61 Å². The Bertz CT molecular complexity index is 426. The minimum absolute atomic E-state index is 0.588. The largest absolute Gasteiger partial charge is 0.489 e. The van der Waals surface area contributed by atoms with Crippen LogP contribution in [-0.4, -0.2) is 0 Å². The molecule has 0 fully saturated rings. The third-order valence-electron chi connectivity index (χ3n) is 1.98. The predicted octanol–water partition coefficient (Wildman–Crippen LogP) is 3.83. The number of hydrogen-bond acceptors (Lipinski definition) is 1. The van der Waals surface area contributed by atoms with E-state index in [9.17, 15) is 0 Å². The molecule has 0 aromatic heterocycles. The lowest BCUT2D eigenvalue weighted by Crippen LogP contribution is -1.94. The predicted molar refractivity (Wildman–Crippen MR) is 63.8 cm³/mol. The number of rotatable bonds is 3. The lowest BCUT2D eigenvalue weighted by molar-refractivity contribution is 0.306. The summed E-state index contributed by atoms with van der Waals surface area (Å²) in [6.45, 7) is 0.588. The molecule has 0 aliphatic rings. The molecule has 0 saturated heterocycles. The molecule has 0 bridgehead atoms. The van der Waals surface area contributed by atoms with Crippen LogP contribution in [0.25, 0.3) is 0 Å². The van der Waals surface area contributed by atoms with Gasteiger partial charge < -0.3 is 4.74 Å². The van der Waals surface area contributed by atoms with Crippen LogP contribution in [0.15, 0.2) is 53.0 Å². The van der Waals surface area contributed by atoms with Gasteiger partial charge >= 0.3 is 0 Å². The monoisotopic (exact) mass is 261 g/mol. The molecule has 0 atom stereocenters. The van der Waals surface area contributed by atoms with Crippen LogP contribution in [0.2, 0.25) is 0 Å². The van der Waals surface area contributed by atoms with Gasteiger partial charge in [-0.25, -0.2) is 0 Å². The highest BCUT2D eigenvalue weighted by Gasteiger charge is 1.95. The highest BCUT2D eigenvalue weighted by atomic mass is 79.9. The fourth-order valence-electron chi connectivity index (χ4n) is 1.25. The molecule has 0 unspecified atom stereocenters.